The van der Waals surface area contributed by atoms with Crippen molar-refractivity contribution in [3.8, 4) is 0 Å². The van der Waals surface area contributed by atoms with Crippen LogP contribution in [0.25, 0.3) is 0 Å². The van der Waals surface area contributed by atoms with Gasteiger partial charge in [0.15, 0.2) is 0 Å². The Kier molecular flexibility index (Phi) is 3.49. The lowest BCUT2D eigenvalue weighted by Crippen LogP contribution is -1.87. The van der Waals surface area contributed by atoms with Gasteiger partial charge in [0.25, 0.3) is 0 Å². The van der Waals surface area contributed by atoms with Gasteiger partial charge in [-0.1, -0.05) is 23.2 Å². The molecular weight excluding hydrogens is 327 g/mol. The van der Waals surface area contributed by atoms with Gasteiger partial charge in [-0.05, 0) is 56.8 Å². The molecule has 0 N–H and O–H groups in total. The molecule has 1 rings (SSSR count). The number of halogens is 4. The fourth-order valence-corrected chi connectivity index (χ4v) is 2.54. The van der Waals surface area contributed by atoms with Gasteiger partial charge in [0, 0.05) is 8.95 Å². The normalized spacial score (nSPS) is 10.5. The molecule has 0 bridgehead atoms. The molecule has 0 saturated heterocycles. The van der Waals surface area contributed by atoms with Crippen molar-refractivity contribution in [1.29, 1.82) is 0 Å². The Balaban J connectivity index is 3.60. The number of benzene rings is 1. The van der Waals surface area contributed by atoms with Gasteiger partial charge in [-0.2, -0.15) is 0 Å². The summed E-state index contributed by atoms with van der Waals surface area (Å²) in [5, 5.41) is 1.23. The summed E-state index contributed by atoms with van der Waals surface area (Å²) in [7, 11) is 0. The maximum Gasteiger partial charge on any atom is 0.0636 e. The van der Waals surface area contributed by atoms with Gasteiger partial charge >= 0.3 is 0 Å². The molecule has 0 saturated carbocycles. The van der Waals surface area contributed by atoms with Gasteiger partial charge in [-0.25, -0.2) is 0 Å². The van der Waals surface area contributed by atoms with Crippen molar-refractivity contribution < 1.29 is 0 Å². The highest BCUT2D eigenvalue weighted by Gasteiger charge is 2.13. The van der Waals surface area contributed by atoms with Crippen molar-refractivity contribution in [2.45, 2.75) is 13.8 Å². The van der Waals surface area contributed by atoms with Crippen molar-refractivity contribution in [3.05, 3.63) is 30.1 Å². The molecule has 0 radical (unpaired) electrons. The summed E-state index contributed by atoms with van der Waals surface area (Å²) in [6.45, 7) is 3.84. The van der Waals surface area contributed by atoms with Crippen molar-refractivity contribution in [3.63, 3.8) is 0 Å². The zero-order valence-electron chi connectivity index (χ0n) is 6.51. The van der Waals surface area contributed by atoms with Crippen LogP contribution in [0.2, 0.25) is 10.0 Å². The molecular formula is C8H6Br2Cl2. The van der Waals surface area contributed by atoms with E-state index in [2.05, 4.69) is 31.9 Å². The summed E-state index contributed by atoms with van der Waals surface area (Å²) in [5.74, 6) is 0. The largest absolute Gasteiger partial charge is 0.0824 e. The van der Waals surface area contributed by atoms with Crippen LogP contribution in [0, 0.1) is 13.8 Å². The van der Waals surface area contributed by atoms with Crippen LogP contribution in [0.15, 0.2) is 8.95 Å². The lowest BCUT2D eigenvalue weighted by atomic mass is 10.2. The lowest BCUT2D eigenvalue weighted by Gasteiger charge is -2.09. The fourth-order valence-electron chi connectivity index (χ4n) is 0.851. The van der Waals surface area contributed by atoms with Crippen molar-refractivity contribution in [2.24, 2.45) is 0 Å². The topological polar surface area (TPSA) is 0 Å². The quantitative estimate of drug-likeness (QED) is 0.577. The van der Waals surface area contributed by atoms with Crippen LogP contribution < -0.4 is 0 Å². The highest BCUT2D eigenvalue weighted by molar-refractivity contribution is 9.13. The molecule has 12 heavy (non-hydrogen) atoms. The Hall–Kier alpha value is 0.760. The molecule has 0 aliphatic rings. The molecule has 4 heteroatoms. The standard InChI is InChI=1S/C8H6Br2Cl2/c1-3-5(9)6(10)4(2)8(12)7(3)11/h1-2H3. The van der Waals surface area contributed by atoms with E-state index in [4.69, 9.17) is 23.2 Å². The first kappa shape index (κ1) is 10.8. The van der Waals surface area contributed by atoms with Gasteiger partial charge in [0.05, 0.1) is 10.0 Å². The summed E-state index contributed by atoms with van der Waals surface area (Å²) >= 11 is 18.8. The molecule has 0 aliphatic heterocycles. The third-order valence-corrected chi connectivity index (χ3v) is 5.26. The van der Waals surface area contributed by atoms with E-state index in [1.54, 1.807) is 0 Å². The molecule has 0 fully saturated rings. The first-order valence-corrected chi connectivity index (χ1v) is 5.60. The first-order chi connectivity index (χ1) is 5.46. The van der Waals surface area contributed by atoms with Crippen LogP contribution in [0.4, 0.5) is 0 Å². The van der Waals surface area contributed by atoms with E-state index in [-0.39, 0.29) is 0 Å². The number of rotatable bonds is 0. The first-order valence-electron chi connectivity index (χ1n) is 3.26. The number of hydrogen-bond donors (Lipinski definition) is 0. The van der Waals surface area contributed by atoms with Crippen molar-refractivity contribution >= 4 is 55.1 Å². The van der Waals surface area contributed by atoms with E-state index in [0.717, 1.165) is 20.1 Å². The summed E-state index contributed by atoms with van der Waals surface area (Å²) in [4.78, 5) is 0. The summed E-state index contributed by atoms with van der Waals surface area (Å²) in [6.07, 6.45) is 0. The summed E-state index contributed by atoms with van der Waals surface area (Å²) < 4.78 is 1.93. The van der Waals surface area contributed by atoms with E-state index in [1.165, 1.54) is 0 Å². The molecule has 0 spiro atoms. The van der Waals surface area contributed by atoms with Crippen molar-refractivity contribution in [1.82, 2.24) is 0 Å². The van der Waals surface area contributed by atoms with Crippen LogP contribution in [-0.4, -0.2) is 0 Å². The molecule has 0 unspecified atom stereocenters. The monoisotopic (exact) mass is 330 g/mol. The molecule has 0 aliphatic carbocycles. The van der Waals surface area contributed by atoms with Gasteiger partial charge < -0.3 is 0 Å². The molecule has 0 nitrogen and oxygen atoms in total. The second-order valence-electron chi connectivity index (χ2n) is 2.51. The van der Waals surface area contributed by atoms with Crippen LogP contribution in [0.1, 0.15) is 11.1 Å². The van der Waals surface area contributed by atoms with Gasteiger partial charge in [0.1, 0.15) is 0 Å². The molecule has 0 heterocycles. The van der Waals surface area contributed by atoms with E-state index in [9.17, 15) is 0 Å². The zero-order valence-corrected chi connectivity index (χ0v) is 11.2. The molecule has 66 valence electrons. The smallest absolute Gasteiger partial charge is 0.0636 e. The van der Waals surface area contributed by atoms with E-state index >= 15 is 0 Å². The fraction of sp³-hybridized carbons (Fsp3) is 0.250. The van der Waals surface area contributed by atoms with E-state index in [1.807, 2.05) is 13.8 Å². The third kappa shape index (κ3) is 1.67. The van der Waals surface area contributed by atoms with Crippen LogP contribution in [0.3, 0.4) is 0 Å². The zero-order chi connectivity index (χ0) is 9.46. The Bertz CT molecular complexity index is 229. The highest BCUT2D eigenvalue weighted by Crippen LogP contribution is 2.40. The maximum atomic E-state index is 5.98. The molecule has 1 aromatic carbocycles. The van der Waals surface area contributed by atoms with Crippen molar-refractivity contribution in [2.75, 3.05) is 0 Å². The Morgan fingerprint density at radius 3 is 1.33 bits per heavy atom. The van der Waals surface area contributed by atoms with Gasteiger partial charge in [0.2, 0.25) is 0 Å². The highest BCUT2D eigenvalue weighted by atomic mass is 79.9. The average Bonchev–Trinajstić information content (AvgIpc) is 2.08. The second-order valence-corrected chi connectivity index (χ2v) is 4.85. The van der Waals surface area contributed by atoms with E-state index in [0.29, 0.717) is 10.0 Å². The summed E-state index contributed by atoms with van der Waals surface area (Å²) in [6, 6.07) is 0. The Labute approximate surface area is 98.5 Å². The molecule has 0 atom stereocenters. The van der Waals surface area contributed by atoms with Gasteiger partial charge in [-0.15, -0.1) is 0 Å². The lowest BCUT2D eigenvalue weighted by molar-refractivity contribution is 1.33. The van der Waals surface area contributed by atoms with Crippen LogP contribution >= 0.6 is 55.1 Å². The van der Waals surface area contributed by atoms with E-state index < -0.39 is 0 Å². The SMILES string of the molecule is Cc1c(Cl)c(Cl)c(C)c(Br)c1Br. The molecule has 1 aromatic rings. The van der Waals surface area contributed by atoms with Gasteiger partial charge in [-0.3, -0.25) is 0 Å². The summed E-state index contributed by atoms with van der Waals surface area (Å²) in [5.41, 5.74) is 1.92. The predicted molar refractivity (Wildman–Crippen MR) is 61.3 cm³/mol. The Morgan fingerprint density at radius 1 is 0.833 bits per heavy atom. The van der Waals surface area contributed by atoms with Crippen LogP contribution in [-0.2, 0) is 0 Å². The number of hydrogen-bond acceptors (Lipinski definition) is 0. The molecule has 0 aromatic heterocycles. The predicted octanol–water partition coefficient (Wildman–Crippen LogP) is 5.14. The second kappa shape index (κ2) is 3.87. The molecule has 0 amide bonds. The minimum Gasteiger partial charge on any atom is -0.0824 e. The van der Waals surface area contributed by atoms with Crippen LogP contribution in [0.5, 0.6) is 0 Å². The minimum absolute atomic E-state index is 0.615. The Morgan fingerprint density at radius 2 is 1.08 bits per heavy atom. The average molecular weight is 333 g/mol. The minimum atomic E-state index is 0.615. The third-order valence-electron chi connectivity index (χ3n) is 1.70. The maximum absolute atomic E-state index is 5.98.